The van der Waals surface area contributed by atoms with Gasteiger partial charge in [-0.05, 0) is 12.8 Å². The van der Waals surface area contributed by atoms with Gasteiger partial charge in [0.2, 0.25) is 5.89 Å². The molecule has 6 nitrogen and oxygen atoms in total. The van der Waals surface area contributed by atoms with Crippen molar-refractivity contribution in [1.29, 1.82) is 0 Å². The molecule has 1 heterocycles. The molecule has 0 amide bonds. The van der Waals surface area contributed by atoms with Crippen LogP contribution in [0.15, 0.2) is 4.52 Å². The summed E-state index contributed by atoms with van der Waals surface area (Å²) in [4.78, 5) is 4.03. The summed E-state index contributed by atoms with van der Waals surface area (Å²) in [5, 5.41) is 3.62. The lowest BCUT2D eigenvalue weighted by Crippen LogP contribution is -2.35. The molecule has 0 aliphatic carbocycles. The van der Waals surface area contributed by atoms with Gasteiger partial charge in [0.15, 0.2) is 15.7 Å². The van der Waals surface area contributed by atoms with Crippen molar-refractivity contribution >= 4 is 9.84 Å². The van der Waals surface area contributed by atoms with Crippen molar-refractivity contribution in [2.45, 2.75) is 38.0 Å². The van der Waals surface area contributed by atoms with Crippen LogP contribution >= 0.6 is 0 Å². The van der Waals surface area contributed by atoms with Crippen molar-refractivity contribution < 1.29 is 12.9 Å². The highest BCUT2D eigenvalue weighted by Crippen LogP contribution is 2.23. The van der Waals surface area contributed by atoms with Crippen LogP contribution in [0.25, 0.3) is 0 Å². The molecule has 0 atom stereocenters. The highest BCUT2D eigenvalue weighted by molar-refractivity contribution is 7.89. The zero-order valence-corrected chi connectivity index (χ0v) is 10.5. The highest BCUT2D eigenvalue weighted by atomic mass is 32.2. The number of nitrogens with two attached hydrogens (primary N) is 1. The molecule has 1 rings (SSSR count). The Morgan fingerprint density at radius 3 is 2.38 bits per heavy atom. The summed E-state index contributed by atoms with van der Waals surface area (Å²) in [5.74, 6) is 0.241. The summed E-state index contributed by atoms with van der Waals surface area (Å²) in [6.07, 6.45) is 2.44. The number of hydrogen-bond donors (Lipinski definition) is 1. The van der Waals surface area contributed by atoms with E-state index in [9.17, 15) is 8.42 Å². The first kappa shape index (κ1) is 13.1. The van der Waals surface area contributed by atoms with Gasteiger partial charge in [0.05, 0.1) is 5.54 Å². The molecule has 0 bridgehead atoms. The number of aromatic nitrogens is 2. The molecule has 0 aromatic carbocycles. The maximum absolute atomic E-state index is 11.0. The van der Waals surface area contributed by atoms with Crippen molar-refractivity contribution in [2.75, 3.05) is 6.26 Å². The van der Waals surface area contributed by atoms with E-state index in [-0.39, 0.29) is 11.6 Å². The van der Waals surface area contributed by atoms with Gasteiger partial charge in [0.25, 0.3) is 0 Å². The zero-order valence-electron chi connectivity index (χ0n) is 9.73. The van der Waals surface area contributed by atoms with Crippen LogP contribution in [0.1, 0.15) is 38.4 Å². The fourth-order valence-corrected chi connectivity index (χ4v) is 1.89. The van der Waals surface area contributed by atoms with Crippen molar-refractivity contribution in [3.05, 3.63) is 11.7 Å². The van der Waals surface area contributed by atoms with Crippen molar-refractivity contribution in [3.63, 3.8) is 0 Å². The van der Waals surface area contributed by atoms with Gasteiger partial charge >= 0.3 is 0 Å². The number of hydrogen-bond acceptors (Lipinski definition) is 6. The van der Waals surface area contributed by atoms with Crippen LogP contribution in [0.5, 0.6) is 0 Å². The van der Waals surface area contributed by atoms with Crippen LogP contribution in [-0.4, -0.2) is 24.8 Å². The third-order valence-electron chi connectivity index (χ3n) is 2.55. The Bertz CT molecular complexity index is 448. The largest absolute Gasteiger partial charge is 0.337 e. The van der Waals surface area contributed by atoms with Crippen LogP contribution in [0.2, 0.25) is 0 Å². The average molecular weight is 247 g/mol. The summed E-state index contributed by atoms with van der Waals surface area (Å²) in [6, 6.07) is 0. The number of nitrogens with zero attached hydrogens (tertiary/aromatic N) is 2. The SMILES string of the molecule is CCC(N)(CC)c1nc(CS(C)(=O)=O)no1. The molecule has 0 radical (unpaired) electrons. The summed E-state index contributed by atoms with van der Waals surface area (Å²) in [7, 11) is -3.15. The molecule has 92 valence electrons. The van der Waals surface area contributed by atoms with Crippen LogP contribution in [0.4, 0.5) is 0 Å². The van der Waals surface area contributed by atoms with E-state index in [1.165, 1.54) is 0 Å². The van der Waals surface area contributed by atoms with Gasteiger partial charge in [-0.15, -0.1) is 0 Å². The standard InChI is InChI=1S/C9H17N3O3S/c1-4-9(10,5-2)8-11-7(12-15-8)6-16(3,13)14/h4-6,10H2,1-3H3. The van der Waals surface area contributed by atoms with Gasteiger partial charge in [-0.25, -0.2) is 8.42 Å². The lowest BCUT2D eigenvalue weighted by atomic mass is 9.94. The Kier molecular flexibility index (Phi) is 3.69. The predicted octanol–water partition coefficient (Wildman–Crippen LogP) is 0.588. The van der Waals surface area contributed by atoms with Crippen LogP contribution in [0.3, 0.4) is 0 Å². The van der Waals surface area contributed by atoms with Crippen molar-refractivity contribution in [1.82, 2.24) is 10.1 Å². The second kappa shape index (κ2) is 4.50. The second-order valence-corrected chi connectivity index (χ2v) is 6.09. The summed E-state index contributed by atoms with van der Waals surface area (Å²) >= 11 is 0. The first-order valence-electron chi connectivity index (χ1n) is 5.10. The monoisotopic (exact) mass is 247 g/mol. The molecule has 0 aliphatic heterocycles. The van der Waals surface area contributed by atoms with Gasteiger partial charge < -0.3 is 10.3 Å². The lowest BCUT2D eigenvalue weighted by molar-refractivity contribution is 0.267. The summed E-state index contributed by atoms with van der Waals surface area (Å²) in [6.45, 7) is 3.84. The Balaban J connectivity index is 2.95. The molecule has 0 fully saturated rings. The van der Waals surface area contributed by atoms with Crippen LogP contribution in [-0.2, 0) is 21.1 Å². The molecule has 2 N–H and O–H groups in total. The van der Waals surface area contributed by atoms with E-state index < -0.39 is 15.4 Å². The zero-order chi connectivity index (χ0) is 12.4. The molecule has 0 aliphatic rings. The fraction of sp³-hybridized carbons (Fsp3) is 0.778. The number of rotatable bonds is 5. The normalized spacial score (nSPS) is 13.0. The second-order valence-electron chi connectivity index (χ2n) is 3.95. The van der Waals surface area contributed by atoms with E-state index >= 15 is 0 Å². The minimum absolute atomic E-state index is 0.161. The Hall–Kier alpha value is -0.950. The van der Waals surface area contributed by atoms with Gasteiger partial charge in [-0.1, -0.05) is 19.0 Å². The molecular weight excluding hydrogens is 230 g/mol. The highest BCUT2D eigenvalue weighted by Gasteiger charge is 2.30. The van der Waals surface area contributed by atoms with Crippen molar-refractivity contribution in [2.24, 2.45) is 5.73 Å². The van der Waals surface area contributed by atoms with Crippen LogP contribution in [0, 0.1) is 0 Å². The van der Waals surface area contributed by atoms with Gasteiger partial charge in [-0.2, -0.15) is 4.98 Å². The molecule has 1 aromatic heterocycles. The van der Waals surface area contributed by atoms with Crippen LogP contribution < -0.4 is 5.73 Å². The van der Waals surface area contributed by atoms with Gasteiger partial charge in [0.1, 0.15) is 5.75 Å². The van der Waals surface area contributed by atoms with E-state index in [4.69, 9.17) is 10.3 Å². The first-order chi connectivity index (χ1) is 7.30. The van der Waals surface area contributed by atoms with Gasteiger partial charge in [-0.3, -0.25) is 0 Å². The number of sulfone groups is 1. The molecule has 0 saturated heterocycles. The Morgan fingerprint density at radius 2 is 1.94 bits per heavy atom. The predicted molar refractivity (Wildman–Crippen MR) is 59.3 cm³/mol. The van der Waals surface area contributed by atoms with E-state index in [0.717, 1.165) is 6.26 Å². The topological polar surface area (TPSA) is 99.1 Å². The minimum atomic E-state index is -3.15. The molecule has 1 aromatic rings. The molecular formula is C9H17N3O3S. The van der Waals surface area contributed by atoms with E-state index in [1.807, 2.05) is 13.8 Å². The average Bonchev–Trinajstić information content (AvgIpc) is 2.63. The first-order valence-corrected chi connectivity index (χ1v) is 7.16. The Labute approximate surface area is 95.1 Å². The third-order valence-corrected chi connectivity index (χ3v) is 3.33. The maximum Gasteiger partial charge on any atom is 0.246 e. The van der Waals surface area contributed by atoms with E-state index in [0.29, 0.717) is 18.7 Å². The summed E-state index contributed by atoms with van der Waals surface area (Å²) < 4.78 is 27.1. The maximum atomic E-state index is 11.0. The fourth-order valence-electron chi connectivity index (χ4n) is 1.30. The Morgan fingerprint density at radius 1 is 1.38 bits per heavy atom. The smallest absolute Gasteiger partial charge is 0.246 e. The van der Waals surface area contributed by atoms with E-state index in [1.54, 1.807) is 0 Å². The quantitative estimate of drug-likeness (QED) is 0.817. The van der Waals surface area contributed by atoms with E-state index in [2.05, 4.69) is 10.1 Å². The summed E-state index contributed by atoms with van der Waals surface area (Å²) in [5.41, 5.74) is 5.39. The molecule has 7 heteroatoms. The third kappa shape index (κ3) is 3.02. The molecule has 0 saturated carbocycles. The lowest BCUT2D eigenvalue weighted by Gasteiger charge is -2.20. The molecule has 16 heavy (non-hydrogen) atoms. The molecule has 0 spiro atoms. The van der Waals surface area contributed by atoms with Gasteiger partial charge in [0, 0.05) is 6.26 Å². The minimum Gasteiger partial charge on any atom is -0.337 e. The molecule has 0 unspecified atom stereocenters. The van der Waals surface area contributed by atoms with Crippen molar-refractivity contribution in [3.8, 4) is 0 Å².